The van der Waals surface area contributed by atoms with Gasteiger partial charge in [-0.25, -0.2) is 0 Å². The first-order valence-corrected chi connectivity index (χ1v) is 6.44. The Bertz CT molecular complexity index is 390. The van der Waals surface area contributed by atoms with Gasteiger partial charge >= 0.3 is 0 Å². The summed E-state index contributed by atoms with van der Waals surface area (Å²) in [6, 6.07) is 3.48. The average molecular weight is 305 g/mol. The molecule has 0 atom stereocenters. The lowest BCUT2D eigenvalue weighted by molar-refractivity contribution is -0.122. The maximum absolute atomic E-state index is 11.5. The summed E-state index contributed by atoms with van der Waals surface area (Å²) in [7, 11) is 0. The van der Waals surface area contributed by atoms with E-state index in [-0.39, 0.29) is 17.7 Å². The zero-order valence-electron chi connectivity index (χ0n) is 9.04. The summed E-state index contributed by atoms with van der Waals surface area (Å²) in [5.41, 5.74) is 4.74. The third-order valence-electron chi connectivity index (χ3n) is 1.71. The molecular weight excluding hydrogens is 292 g/mol. The van der Waals surface area contributed by atoms with Crippen LogP contribution >= 0.6 is 27.3 Å². The fourth-order valence-electron chi connectivity index (χ4n) is 1.05. The van der Waals surface area contributed by atoms with Crippen LogP contribution in [0.2, 0.25) is 0 Å². The molecule has 0 bridgehead atoms. The Balaban J connectivity index is 2.38. The van der Waals surface area contributed by atoms with Crippen LogP contribution in [0.4, 0.5) is 0 Å². The van der Waals surface area contributed by atoms with Gasteiger partial charge in [-0.1, -0.05) is 13.8 Å². The van der Waals surface area contributed by atoms with Crippen molar-refractivity contribution in [2.24, 2.45) is 5.92 Å². The minimum Gasteiger partial charge on any atom is -0.273 e. The quantitative estimate of drug-likeness (QED) is 0.842. The van der Waals surface area contributed by atoms with E-state index in [1.54, 1.807) is 12.1 Å². The fourth-order valence-corrected chi connectivity index (χ4v) is 2.33. The summed E-state index contributed by atoms with van der Waals surface area (Å²) in [5.74, 6) is -0.209. The van der Waals surface area contributed by atoms with Gasteiger partial charge in [0.15, 0.2) is 0 Å². The van der Waals surface area contributed by atoms with E-state index in [0.29, 0.717) is 11.3 Å². The predicted octanol–water partition coefficient (Wildman–Crippen LogP) is 2.32. The van der Waals surface area contributed by atoms with E-state index in [9.17, 15) is 9.59 Å². The molecular formula is C10H13BrN2O2S. The Kier molecular flexibility index (Phi) is 4.95. The number of carbonyl (C=O) groups excluding carboxylic acids is 2. The molecule has 0 aromatic carbocycles. The zero-order valence-corrected chi connectivity index (χ0v) is 11.4. The van der Waals surface area contributed by atoms with Crippen molar-refractivity contribution in [2.45, 2.75) is 20.3 Å². The van der Waals surface area contributed by atoms with Crippen molar-refractivity contribution in [2.75, 3.05) is 0 Å². The van der Waals surface area contributed by atoms with Crippen molar-refractivity contribution in [3.63, 3.8) is 0 Å². The highest BCUT2D eigenvalue weighted by atomic mass is 79.9. The van der Waals surface area contributed by atoms with E-state index in [0.717, 1.165) is 3.79 Å². The average Bonchev–Trinajstić information content (AvgIpc) is 2.60. The first-order chi connectivity index (χ1) is 7.49. The van der Waals surface area contributed by atoms with Crippen LogP contribution in [0.3, 0.4) is 0 Å². The summed E-state index contributed by atoms with van der Waals surface area (Å²) in [4.78, 5) is 23.3. The summed E-state index contributed by atoms with van der Waals surface area (Å²) >= 11 is 4.58. The Morgan fingerprint density at radius 3 is 2.56 bits per heavy atom. The third kappa shape index (κ3) is 4.32. The molecule has 0 aliphatic carbocycles. The molecule has 88 valence electrons. The molecule has 0 radical (unpaired) electrons. The van der Waals surface area contributed by atoms with Gasteiger partial charge in [-0.3, -0.25) is 20.4 Å². The number of halogens is 1. The van der Waals surface area contributed by atoms with Crippen LogP contribution in [0, 0.1) is 5.92 Å². The number of nitrogens with one attached hydrogen (secondary N) is 2. The lowest BCUT2D eigenvalue weighted by atomic mass is 10.1. The molecule has 1 heterocycles. The van der Waals surface area contributed by atoms with E-state index in [2.05, 4.69) is 26.8 Å². The largest absolute Gasteiger partial charge is 0.279 e. The second kappa shape index (κ2) is 6.00. The molecule has 0 saturated carbocycles. The fraction of sp³-hybridized carbons (Fsp3) is 0.400. The molecule has 1 aromatic rings. The van der Waals surface area contributed by atoms with Gasteiger partial charge in [0.1, 0.15) is 0 Å². The van der Waals surface area contributed by atoms with Crippen molar-refractivity contribution in [1.29, 1.82) is 0 Å². The number of hydrogen-bond donors (Lipinski definition) is 2. The monoisotopic (exact) mass is 304 g/mol. The Morgan fingerprint density at radius 1 is 1.38 bits per heavy atom. The van der Waals surface area contributed by atoms with E-state index in [1.165, 1.54) is 11.3 Å². The molecule has 6 heteroatoms. The van der Waals surface area contributed by atoms with E-state index in [1.807, 2.05) is 13.8 Å². The highest BCUT2D eigenvalue weighted by Gasteiger charge is 2.10. The lowest BCUT2D eigenvalue weighted by Crippen LogP contribution is -2.41. The standard InChI is InChI=1S/C10H13BrN2O2S/c1-6(2)5-9(14)12-13-10(15)7-3-4-8(11)16-7/h3-4,6H,5H2,1-2H3,(H,12,14)(H,13,15). The van der Waals surface area contributed by atoms with Crippen molar-refractivity contribution < 1.29 is 9.59 Å². The molecule has 0 spiro atoms. The molecule has 1 aromatic heterocycles. The van der Waals surface area contributed by atoms with Gasteiger partial charge in [0.2, 0.25) is 5.91 Å². The molecule has 0 unspecified atom stereocenters. The van der Waals surface area contributed by atoms with Crippen molar-refractivity contribution >= 4 is 39.1 Å². The van der Waals surface area contributed by atoms with Crippen molar-refractivity contribution in [1.82, 2.24) is 10.9 Å². The Labute approximate surface area is 107 Å². The lowest BCUT2D eigenvalue weighted by Gasteiger charge is -2.07. The molecule has 16 heavy (non-hydrogen) atoms. The number of rotatable bonds is 3. The molecule has 4 nitrogen and oxygen atoms in total. The normalized spacial score (nSPS) is 10.2. The molecule has 0 aliphatic rings. The molecule has 2 N–H and O–H groups in total. The number of carbonyl (C=O) groups is 2. The van der Waals surface area contributed by atoms with Crippen LogP contribution in [-0.2, 0) is 4.79 Å². The van der Waals surface area contributed by atoms with Crippen molar-refractivity contribution in [3.05, 3.63) is 20.8 Å². The van der Waals surface area contributed by atoms with Crippen LogP contribution in [0.5, 0.6) is 0 Å². The third-order valence-corrected chi connectivity index (χ3v) is 3.33. The second-order valence-electron chi connectivity index (χ2n) is 3.70. The van der Waals surface area contributed by atoms with Gasteiger partial charge in [0.05, 0.1) is 8.66 Å². The highest BCUT2D eigenvalue weighted by molar-refractivity contribution is 9.11. The van der Waals surface area contributed by atoms with Gasteiger partial charge in [-0.15, -0.1) is 11.3 Å². The first-order valence-electron chi connectivity index (χ1n) is 4.83. The number of thiophene rings is 1. The molecule has 2 amide bonds. The molecule has 0 fully saturated rings. The summed E-state index contributed by atoms with van der Waals surface area (Å²) in [6.07, 6.45) is 0.397. The first kappa shape index (κ1) is 13.2. The van der Waals surface area contributed by atoms with Gasteiger partial charge < -0.3 is 0 Å². The maximum Gasteiger partial charge on any atom is 0.279 e. The Hall–Kier alpha value is -0.880. The summed E-state index contributed by atoms with van der Waals surface area (Å²) < 4.78 is 0.881. The Morgan fingerprint density at radius 2 is 2.06 bits per heavy atom. The number of amides is 2. The van der Waals surface area contributed by atoms with Crippen LogP contribution in [0.25, 0.3) is 0 Å². The van der Waals surface area contributed by atoms with E-state index in [4.69, 9.17) is 0 Å². The predicted molar refractivity (Wildman–Crippen MR) is 67.1 cm³/mol. The SMILES string of the molecule is CC(C)CC(=O)NNC(=O)c1ccc(Br)s1. The van der Waals surface area contributed by atoms with Gasteiger partial charge in [0, 0.05) is 6.42 Å². The van der Waals surface area contributed by atoms with Crippen LogP contribution in [0.15, 0.2) is 15.9 Å². The van der Waals surface area contributed by atoms with Crippen LogP contribution in [-0.4, -0.2) is 11.8 Å². The summed E-state index contributed by atoms with van der Waals surface area (Å²) in [6.45, 7) is 3.88. The van der Waals surface area contributed by atoms with E-state index < -0.39 is 0 Å². The zero-order chi connectivity index (χ0) is 12.1. The number of hydrazine groups is 1. The van der Waals surface area contributed by atoms with Gasteiger partial charge in [-0.2, -0.15) is 0 Å². The smallest absolute Gasteiger partial charge is 0.273 e. The number of hydrogen-bond acceptors (Lipinski definition) is 3. The van der Waals surface area contributed by atoms with Crippen LogP contribution < -0.4 is 10.9 Å². The highest BCUT2D eigenvalue weighted by Crippen LogP contribution is 2.21. The topological polar surface area (TPSA) is 58.2 Å². The van der Waals surface area contributed by atoms with E-state index >= 15 is 0 Å². The molecule has 1 rings (SSSR count). The van der Waals surface area contributed by atoms with Gasteiger partial charge in [0.25, 0.3) is 5.91 Å². The minimum atomic E-state index is -0.298. The summed E-state index contributed by atoms with van der Waals surface area (Å²) in [5, 5.41) is 0. The molecule has 0 aliphatic heterocycles. The van der Waals surface area contributed by atoms with Gasteiger partial charge in [-0.05, 0) is 34.0 Å². The molecule has 0 saturated heterocycles. The second-order valence-corrected chi connectivity index (χ2v) is 6.17. The minimum absolute atomic E-state index is 0.182. The van der Waals surface area contributed by atoms with Crippen LogP contribution in [0.1, 0.15) is 29.9 Å². The maximum atomic E-state index is 11.5. The van der Waals surface area contributed by atoms with Crippen molar-refractivity contribution in [3.8, 4) is 0 Å².